The number of para-hydroxylation sites is 1. The predicted octanol–water partition coefficient (Wildman–Crippen LogP) is 3.12. The standard InChI is InChI=1S/C13H19F2NO2.ClH/c1-13(2,3)11(17)10(16)8-6-4-5-7-9(8)18-12(14)15;/h4-7,10-12,17H,16H2,1-3H3;1H/t10-,11-;/m0./s1. The number of hydrogen-bond donors (Lipinski definition) is 2. The van der Waals surface area contributed by atoms with Gasteiger partial charge in [-0.15, -0.1) is 12.4 Å². The molecule has 1 rings (SSSR count). The molecule has 6 heteroatoms. The van der Waals surface area contributed by atoms with Crippen molar-refractivity contribution < 1.29 is 18.6 Å². The van der Waals surface area contributed by atoms with E-state index in [0.717, 1.165) is 0 Å². The first-order chi connectivity index (χ1) is 8.23. The van der Waals surface area contributed by atoms with Crippen molar-refractivity contribution in [1.29, 1.82) is 0 Å². The van der Waals surface area contributed by atoms with E-state index in [1.165, 1.54) is 6.07 Å². The van der Waals surface area contributed by atoms with Crippen LogP contribution in [0.2, 0.25) is 0 Å². The number of ether oxygens (including phenoxy) is 1. The minimum Gasteiger partial charge on any atom is -0.434 e. The molecule has 0 aliphatic carbocycles. The van der Waals surface area contributed by atoms with Crippen LogP contribution in [-0.2, 0) is 0 Å². The van der Waals surface area contributed by atoms with Crippen molar-refractivity contribution in [3.8, 4) is 5.75 Å². The number of benzene rings is 1. The fourth-order valence-corrected chi connectivity index (χ4v) is 1.67. The third kappa shape index (κ3) is 4.93. The second-order valence-electron chi connectivity index (χ2n) is 5.25. The van der Waals surface area contributed by atoms with Crippen LogP contribution >= 0.6 is 12.4 Å². The summed E-state index contributed by atoms with van der Waals surface area (Å²) in [5, 5.41) is 10.1. The summed E-state index contributed by atoms with van der Waals surface area (Å²) in [6.45, 7) is 2.57. The third-order valence-electron chi connectivity index (χ3n) is 2.72. The van der Waals surface area contributed by atoms with Gasteiger partial charge in [-0.25, -0.2) is 0 Å². The summed E-state index contributed by atoms with van der Waals surface area (Å²) in [4.78, 5) is 0. The fraction of sp³-hybridized carbons (Fsp3) is 0.538. The van der Waals surface area contributed by atoms with Gasteiger partial charge in [0.05, 0.1) is 12.1 Å². The number of aliphatic hydroxyl groups is 1. The summed E-state index contributed by atoms with van der Waals surface area (Å²) in [5.41, 5.74) is 5.85. The van der Waals surface area contributed by atoms with Crippen LogP contribution in [0.4, 0.5) is 8.78 Å². The molecule has 0 amide bonds. The lowest BCUT2D eigenvalue weighted by atomic mass is 9.82. The van der Waals surface area contributed by atoms with Crippen molar-refractivity contribution in [3.05, 3.63) is 29.8 Å². The molecule has 19 heavy (non-hydrogen) atoms. The van der Waals surface area contributed by atoms with Crippen LogP contribution in [0, 0.1) is 5.41 Å². The summed E-state index contributed by atoms with van der Waals surface area (Å²) in [7, 11) is 0. The smallest absolute Gasteiger partial charge is 0.387 e. The van der Waals surface area contributed by atoms with Crippen LogP contribution in [0.3, 0.4) is 0 Å². The molecule has 1 aromatic rings. The molecule has 3 N–H and O–H groups in total. The SMILES string of the molecule is CC(C)(C)[C@@H](O)[C@@H](N)c1ccccc1OC(F)F.Cl. The molecular formula is C13H20ClF2NO2. The first kappa shape index (κ1) is 18.1. The molecule has 0 saturated carbocycles. The summed E-state index contributed by atoms with van der Waals surface area (Å²) in [5.74, 6) is 0.00306. The average Bonchev–Trinajstić information content (AvgIpc) is 2.26. The third-order valence-corrected chi connectivity index (χ3v) is 2.72. The van der Waals surface area contributed by atoms with Gasteiger partial charge in [-0.05, 0) is 11.5 Å². The second kappa shape index (κ2) is 7.03. The molecule has 2 atom stereocenters. The molecule has 0 saturated heterocycles. The van der Waals surface area contributed by atoms with Gasteiger partial charge in [-0.1, -0.05) is 39.0 Å². The number of nitrogens with two attached hydrogens (primary N) is 1. The van der Waals surface area contributed by atoms with Gasteiger partial charge in [0, 0.05) is 5.56 Å². The number of alkyl halides is 2. The zero-order valence-electron chi connectivity index (χ0n) is 11.1. The molecular weight excluding hydrogens is 276 g/mol. The Bertz CT molecular complexity index is 396. The maximum atomic E-state index is 12.3. The van der Waals surface area contributed by atoms with Gasteiger partial charge in [0.25, 0.3) is 0 Å². The van der Waals surface area contributed by atoms with Crippen molar-refractivity contribution in [3.63, 3.8) is 0 Å². The summed E-state index contributed by atoms with van der Waals surface area (Å²) in [6.07, 6.45) is -0.861. The monoisotopic (exact) mass is 295 g/mol. The van der Waals surface area contributed by atoms with Crippen molar-refractivity contribution in [1.82, 2.24) is 0 Å². The quantitative estimate of drug-likeness (QED) is 0.897. The Hall–Kier alpha value is -0.910. The van der Waals surface area contributed by atoms with Gasteiger partial charge in [0.15, 0.2) is 0 Å². The van der Waals surface area contributed by atoms with E-state index in [9.17, 15) is 13.9 Å². The zero-order valence-corrected chi connectivity index (χ0v) is 12.0. The van der Waals surface area contributed by atoms with E-state index in [-0.39, 0.29) is 18.2 Å². The Morgan fingerprint density at radius 3 is 2.21 bits per heavy atom. The predicted molar refractivity (Wildman–Crippen MR) is 72.7 cm³/mol. The Labute approximate surface area is 118 Å². The van der Waals surface area contributed by atoms with E-state index < -0.39 is 24.2 Å². The molecule has 0 aliphatic rings. The lowest BCUT2D eigenvalue weighted by molar-refractivity contribution is -0.0515. The van der Waals surface area contributed by atoms with Crippen LogP contribution < -0.4 is 10.5 Å². The molecule has 110 valence electrons. The maximum Gasteiger partial charge on any atom is 0.387 e. The van der Waals surface area contributed by atoms with Crippen molar-refractivity contribution in [2.75, 3.05) is 0 Å². The molecule has 0 heterocycles. The van der Waals surface area contributed by atoms with Gasteiger partial charge >= 0.3 is 6.61 Å². The molecule has 0 spiro atoms. The molecule has 0 fully saturated rings. The van der Waals surface area contributed by atoms with Crippen LogP contribution in [0.5, 0.6) is 5.75 Å². The van der Waals surface area contributed by atoms with Crippen molar-refractivity contribution in [2.24, 2.45) is 11.1 Å². The van der Waals surface area contributed by atoms with Crippen LogP contribution in [0.1, 0.15) is 32.4 Å². The Kier molecular flexibility index (Phi) is 6.69. The Morgan fingerprint density at radius 2 is 1.74 bits per heavy atom. The maximum absolute atomic E-state index is 12.3. The van der Waals surface area contributed by atoms with Crippen LogP contribution in [0.25, 0.3) is 0 Å². The lowest BCUT2D eigenvalue weighted by Crippen LogP contribution is -2.37. The average molecular weight is 296 g/mol. The van der Waals surface area contributed by atoms with Gasteiger partial charge in [-0.2, -0.15) is 8.78 Å². The highest BCUT2D eigenvalue weighted by Crippen LogP contribution is 2.33. The molecule has 0 radical (unpaired) electrons. The van der Waals surface area contributed by atoms with Crippen LogP contribution in [-0.4, -0.2) is 17.8 Å². The largest absolute Gasteiger partial charge is 0.434 e. The molecule has 0 aliphatic heterocycles. The summed E-state index contributed by atoms with van der Waals surface area (Å²) < 4.78 is 29.0. The minimum atomic E-state index is -2.91. The van der Waals surface area contributed by atoms with E-state index in [1.807, 2.05) is 20.8 Å². The molecule has 3 nitrogen and oxygen atoms in total. The van der Waals surface area contributed by atoms with E-state index in [1.54, 1.807) is 18.2 Å². The van der Waals surface area contributed by atoms with Gasteiger partial charge < -0.3 is 15.6 Å². The number of hydrogen-bond acceptors (Lipinski definition) is 3. The van der Waals surface area contributed by atoms with Gasteiger partial charge in [0.2, 0.25) is 0 Å². The number of rotatable bonds is 4. The van der Waals surface area contributed by atoms with E-state index in [0.29, 0.717) is 5.56 Å². The Morgan fingerprint density at radius 1 is 1.21 bits per heavy atom. The highest BCUT2D eigenvalue weighted by molar-refractivity contribution is 5.85. The highest BCUT2D eigenvalue weighted by atomic mass is 35.5. The second-order valence-corrected chi connectivity index (χ2v) is 5.25. The van der Waals surface area contributed by atoms with Gasteiger partial charge in [-0.3, -0.25) is 0 Å². The highest BCUT2D eigenvalue weighted by Gasteiger charge is 2.30. The first-order valence-corrected chi connectivity index (χ1v) is 5.71. The topological polar surface area (TPSA) is 55.5 Å². The van der Waals surface area contributed by atoms with E-state index >= 15 is 0 Å². The Balaban J connectivity index is 0.00000324. The summed E-state index contributed by atoms with van der Waals surface area (Å²) >= 11 is 0. The molecule has 0 bridgehead atoms. The first-order valence-electron chi connectivity index (χ1n) is 5.71. The van der Waals surface area contributed by atoms with E-state index in [4.69, 9.17) is 5.73 Å². The molecule has 0 unspecified atom stereocenters. The van der Waals surface area contributed by atoms with Crippen molar-refractivity contribution in [2.45, 2.75) is 39.5 Å². The fourth-order valence-electron chi connectivity index (χ4n) is 1.67. The van der Waals surface area contributed by atoms with Crippen LogP contribution in [0.15, 0.2) is 24.3 Å². The number of halogens is 3. The zero-order chi connectivity index (χ0) is 13.9. The van der Waals surface area contributed by atoms with Gasteiger partial charge in [0.1, 0.15) is 5.75 Å². The lowest BCUT2D eigenvalue weighted by Gasteiger charge is -2.31. The molecule has 1 aromatic carbocycles. The normalized spacial score (nSPS) is 14.7. The van der Waals surface area contributed by atoms with E-state index in [2.05, 4.69) is 4.74 Å². The minimum absolute atomic E-state index is 0. The number of aliphatic hydroxyl groups excluding tert-OH is 1. The summed E-state index contributed by atoms with van der Waals surface area (Å²) in [6, 6.07) is 5.47. The molecule has 0 aromatic heterocycles. The van der Waals surface area contributed by atoms with Crippen molar-refractivity contribution >= 4 is 12.4 Å².